The molecule has 1 heterocycles. The maximum absolute atomic E-state index is 9.55. The third-order valence-electron chi connectivity index (χ3n) is 3.77. The number of fused-ring (bicyclic) bond motifs is 1. The summed E-state index contributed by atoms with van der Waals surface area (Å²) < 4.78 is 10.7. The molecule has 1 atom stereocenters. The molecule has 0 radical (unpaired) electrons. The fraction of sp³-hybridized carbons (Fsp3) is 0.571. The number of aliphatic hydroxyl groups excluding tert-OH is 1. The van der Waals surface area contributed by atoms with Gasteiger partial charge in [-0.1, -0.05) is 18.9 Å². The molecule has 4 heteroatoms. The van der Waals surface area contributed by atoms with Crippen LogP contribution in [0.1, 0.15) is 37.3 Å². The molecule has 2 N–H and O–H groups in total. The fourth-order valence-corrected chi connectivity index (χ4v) is 2.76. The van der Waals surface area contributed by atoms with E-state index >= 15 is 0 Å². The maximum atomic E-state index is 9.55. The van der Waals surface area contributed by atoms with Gasteiger partial charge in [0, 0.05) is 6.04 Å². The molecule has 0 spiro atoms. The average molecular weight is 249 g/mol. The Labute approximate surface area is 107 Å². The number of nitrogens with one attached hydrogen (secondary N) is 1. The predicted octanol–water partition coefficient (Wildman–Crippen LogP) is 1.98. The summed E-state index contributed by atoms with van der Waals surface area (Å²) in [6.07, 6.45) is 5.00. The molecule has 18 heavy (non-hydrogen) atoms. The van der Waals surface area contributed by atoms with Crippen molar-refractivity contribution in [1.29, 1.82) is 0 Å². The molecular formula is C14H19NO3. The quantitative estimate of drug-likeness (QED) is 0.856. The summed E-state index contributed by atoms with van der Waals surface area (Å²) >= 11 is 0. The van der Waals surface area contributed by atoms with E-state index in [4.69, 9.17) is 9.47 Å². The van der Waals surface area contributed by atoms with Crippen LogP contribution in [-0.2, 0) is 0 Å². The van der Waals surface area contributed by atoms with E-state index in [1.807, 2.05) is 18.2 Å². The minimum absolute atomic E-state index is 0.0115. The van der Waals surface area contributed by atoms with Crippen molar-refractivity contribution in [3.8, 4) is 11.5 Å². The van der Waals surface area contributed by atoms with Crippen molar-refractivity contribution >= 4 is 0 Å². The van der Waals surface area contributed by atoms with Gasteiger partial charge in [-0.3, -0.25) is 0 Å². The summed E-state index contributed by atoms with van der Waals surface area (Å²) in [7, 11) is 0. The monoisotopic (exact) mass is 249 g/mol. The van der Waals surface area contributed by atoms with Crippen molar-refractivity contribution in [2.75, 3.05) is 13.4 Å². The first-order valence-electron chi connectivity index (χ1n) is 6.63. The lowest BCUT2D eigenvalue weighted by molar-refractivity contribution is 0.174. The van der Waals surface area contributed by atoms with Crippen molar-refractivity contribution in [3.63, 3.8) is 0 Å². The highest BCUT2D eigenvalue weighted by atomic mass is 16.7. The Hall–Kier alpha value is -1.26. The van der Waals surface area contributed by atoms with Crippen LogP contribution < -0.4 is 14.8 Å². The molecular weight excluding hydrogens is 230 g/mol. The van der Waals surface area contributed by atoms with Gasteiger partial charge >= 0.3 is 0 Å². The Bertz CT molecular complexity index is 416. The molecule has 4 nitrogen and oxygen atoms in total. The zero-order chi connectivity index (χ0) is 12.4. The summed E-state index contributed by atoms with van der Waals surface area (Å²) in [5.41, 5.74) is 1.06. The molecule has 1 aliphatic heterocycles. The van der Waals surface area contributed by atoms with Crippen LogP contribution in [0, 0.1) is 0 Å². The molecule has 0 bridgehead atoms. The van der Waals surface area contributed by atoms with E-state index in [9.17, 15) is 5.11 Å². The molecule has 3 rings (SSSR count). The Kier molecular flexibility index (Phi) is 3.39. The van der Waals surface area contributed by atoms with Crippen molar-refractivity contribution in [2.24, 2.45) is 0 Å². The lowest BCUT2D eigenvalue weighted by Gasteiger charge is -2.21. The number of hydrogen-bond donors (Lipinski definition) is 2. The minimum Gasteiger partial charge on any atom is -0.454 e. The van der Waals surface area contributed by atoms with E-state index in [-0.39, 0.29) is 12.6 Å². The summed E-state index contributed by atoms with van der Waals surface area (Å²) in [4.78, 5) is 0. The van der Waals surface area contributed by atoms with Gasteiger partial charge in [-0.2, -0.15) is 0 Å². The second-order valence-corrected chi connectivity index (χ2v) is 5.00. The van der Waals surface area contributed by atoms with Gasteiger partial charge in [0.15, 0.2) is 11.5 Å². The van der Waals surface area contributed by atoms with Crippen LogP contribution in [0.3, 0.4) is 0 Å². The lowest BCUT2D eigenvalue weighted by Crippen LogP contribution is -2.32. The minimum atomic E-state index is -0.0115. The second-order valence-electron chi connectivity index (χ2n) is 5.00. The van der Waals surface area contributed by atoms with Gasteiger partial charge in [-0.15, -0.1) is 0 Å². The van der Waals surface area contributed by atoms with Gasteiger partial charge in [0.2, 0.25) is 6.79 Å². The molecule has 1 aromatic rings. The fourth-order valence-electron chi connectivity index (χ4n) is 2.76. The molecule has 1 aromatic carbocycles. The zero-order valence-corrected chi connectivity index (χ0v) is 10.4. The van der Waals surface area contributed by atoms with Gasteiger partial charge in [0.25, 0.3) is 0 Å². The largest absolute Gasteiger partial charge is 0.454 e. The van der Waals surface area contributed by atoms with E-state index in [1.54, 1.807) is 0 Å². The Morgan fingerprint density at radius 1 is 1.22 bits per heavy atom. The molecule has 0 aromatic heterocycles. The van der Waals surface area contributed by atoms with E-state index < -0.39 is 0 Å². The highest BCUT2D eigenvalue weighted by Gasteiger charge is 2.22. The van der Waals surface area contributed by atoms with Gasteiger partial charge in [-0.25, -0.2) is 0 Å². The van der Waals surface area contributed by atoms with Crippen LogP contribution in [0.2, 0.25) is 0 Å². The van der Waals surface area contributed by atoms with Crippen molar-refractivity contribution in [1.82, 2.24) is 5.32 Å². The van der Waals surface area contributed by atoms with Crippen molar-refractivity contribution in [2.45, 2.75) is 37.8 Å². The third-order valence-corrected chi connectivity index (χ3v) is 3.77. The summed E-state index contributed by atoms with van der Waals surface area (Å²) in [5.74, 6) is 1.57. The van der Waals surface area contributed by atoms with E-state index in [2.05, 4.69) is 5.32 Å². The topological polar surface area (TPSA) is 50.7 Å². The van der Waals surface area contributed by atoms with Crippen LogP contribution in [-0.4, -0.2) is 24.5 Å². The predicted molar refractivity (Wildman–Crippen MR) is 67.8 cm³/mol. The highest BCUT2D eigenvalue weighted by Crippen LogP contribution is 2.34. The number of hydrogen-bond acceptors (Lipinski definition) is 4. The molecule has 0 amide bonds. The second kappa shape index (κ2) is 5.16. The normalized spacial score (nSPS) is 20.3. The van der Waals surface area contributed by atoms with Gasteiger partial charge in [0.05, 0.1) is 12.6 Å². The standard InChI is InChI=1S/C14H19NO3/c16-8-12(15-11-3-1-2-4-11)10-5-6-13-14(7-10)18-9-17-13/h5-7,11-12,15-16H,1-4,8-9H2. The summed E-state index contributed by atoms with van der Waals surface area (Å²) in [6, 6.07) is 6.40. The molecule has 1 fully saturated rings. The van der Waals surface area contributed by atoms with Crippen LogP contribution in [0.25, 0.3) is 0 Å². The first kappa shape index (κ1) is 11.8. The molecule has 2 aliphatic rings. The molecule has 1 unspecified atom stereocenters. The average Bonchev–Trinajstić information content (AvgIpc) is 3.06. The first-order valence-corrected chi connectivity index (χ1v) is 6.63. The Morgan fingerprint density at radius 3 is 2.78 bits per heavy atom. The smallest absolute Gasteiger partial charge is 0.231 e. The maximum Gasteiger partial charge on any atom is 0.231 e. The van der Waals surface area contributed by atoms with Crippen molar-refractivity contribution in [3.05, 3.63) is 23.8 Å². The zero-order valence-electron chi connectivity index (χ0n) is 10.4. The molecule has 0 saturated heterocycles. The molecule has 1 saturated carbocycles. The first-order chi connectivity index (χ1) is 8.86. The van der Waals surface area contributed by atoms with E-state index in [0.717, 1.165) is 17.1 Å². The summed E-state index contributed by atoms with van der Waals surface area (Å²) in [5, 5.41) is 13.1. The van der Waals surface area contributed by atoms with E-state index in [1.165, 1.54) is 25.7 Å². The Balaban J connectivity index is 1.74. The third kappa shape index (κ3) is 2.31. The highest BCUT2D eigenvalue weighted by molar-refractivity contribution is 5.45. The van der Waals surface area contributed by atoms with Crippen LogP contribution in [0.4, 0.5) is 0 Å². The van der Waals surface area contributed by atoms with E-state index in [0.29, 0.717) is 12.8 Å². The number of aliphatic hydroxyl groups is 1. The van der Waals surface area contributed by atoms with Gasteiger partial charge in [-0.05, 0) is 30.5 Å². The van der Waals surface area contributed by atoms with Crippen LogP contribution >= 0.6 is 0 Å². The van der Waals surface area contributed by atoms with Gasteiger partial charge in [0.1, 0.15) is 0 Å². The SMILES string of the molecule is OCC(NC1CCCC1)c1ccc2c(c1)OCO2. The number of ether oxygens (including phenoxy) is 2. The van der Waals surface area contributed by atoms with Gasteiger partial charge < -0.3 is 19.9 Å². The summed E-state index contributed by atoms with van der Waals surface area (Å²) in [6.45, 7) is 0.398. The Morgan fingerprint density at radius 2 is 2.00 bits per heavy atom. The molecule has 1 aliphatic carbocycles. The van der Waals surface area contributed by atoms with Crippen LogP contribution in [0.15, 0.2) is 18.2 Å². The van der Waals surface area contributed by atoms with Crippen molar-refractivity contribution < 1.29 is 14.6 Å². The lowest BCUT2D eigenvalue weighted by atomic mass is 10.1. The number of rotatable bonds is 4. The number of benzene rings is 1. The molecule has 98 valence electrons. The van der Waals surface area contributed by atoms with Crippen LogP contribution in [0.5, 0.6) is 11.5 Å².